The molecule has 0 saturated carbocycles. The number of rotatable bonds is 7. The fourth-order valence-electron chi connectivity index (χ4n) is 2.75. The van der Waals surface area contributed by atoms with Gasteiger partial charge in [0.05, 0.1) is 5.75 Å². The highest BCUT2D eigenvalue weighted by molar-refractivity contribution is 7.89. The summed E-state index contributed by atoms with van der Waals surface area (Å²) in [6.07, 6.45) is 0.705. The van der Waals surface area contributed by atoms with Crippen LogP contribution in [0, 0.1) is 11.6 Å². The molecule has 26 heavy (non-hydrogen) atoms. The Morgan fingerprint density at radius 1 is 1.31 bits per heavy atom. The zero-order valence-electron chi connectivity index (χ0n) is 14.9. The molecule has 1 saturated heterocycles. The molecule has 1 aromatic rings. The van der Waals surface area contributed by atoms with Gasteiger partial charge in [-0.3, -0.25) is 4.99 Å². The maximum atomic E-state index is 13.9. The summed E-state index contributed by atoms with van der Waals surface area (Å²) in [5, 5.41) is 6.21. The fourth-order valence-corrected chi connectivity index (χ4v) is 3.37. The molecule has 1 aliphatic rings. The zero-order chi connectivity index (χ0) is 19.2. The summed E-state index contributed by atoms with van der Waals surface area (Å²) in [7, 11) is -1.61. The first-order valence-electron chi connectivity index (χ1n) is 8.49. The van der Waals surface area contributed by atoms with Gasteiger partial charge in [0.2, 0.25) is 10.0 Å². The van der Waals surface area contributed by atoms with Gasteiger partial charge in [-0.2, -0.15) is 0 Å². The normalized spacial score (nSPS) is 18.2. The van der Waals surface area contributed by atoms with Gasteiger partial charge in [0, 0.05) is 39.3 Å². The monoisotopic (exact) mass is 389 g/mol. The van der Waals surface area contributed by atoms with Gasteiger partial charge in [0.1, 0.15) is 17.3 Å². The molecule has 1 fully saturated rings. The molecule has 3 N–H and O–H groups in total. The Balaban J connectivity index is 1.83. The summed E-state index contributed by atoms with van der Waals surface area (Å²) in [6, 6.07) is 3.82. The first kappa shape index (κ1) is 20.4. The molecule has 1 aromatic carbocycles. The van der Waals surface area contributed by atoms with Crippen molar-refractivity contribution in [2.75, 3.05) is 43.9 Å². The van der Waals surface area contributed by atoms with Gasteiger partial charge in [-0.05, 0) is 25.5 Å². The summed E-state index contributed by atoms with van der Waals surface area (Å²) in [5.74, 6) is -0.598. The summed E-state index contributed by atoms with van der Waals surface area (Å²) < 4.78 is 53.0. The van der Waals surface area contributed by atoms with Crippen LogP contribution in [0.5, 0.6) is 0 Å². The Morgan fingerprint density at radius 3 is 2.62 bits per heavy atom. The van der Waals surface area contributed by atoms with Crippen molar-refractivity contribution in [1.82, 2.24) is 15.4 Å². The van der Waals surface area contributed by atoms with Crippen LogP contribution in [-0.4, -0.2) is 59.4 Å². The van der Waals surface area contributed by atoms with Crippen LogP contribution in [0.1, 0.15) is 13.3 Å². The van der Waals surface area contributed by atoms with Gasteiger partial charge in [0.15, 0.2) is 5.96 Å². The first-order valence-corrected chi connectivity index (χ1v) is 10.1. The number of anilines is 1. The number of nitrogens with zero attached hydrogens (tertiary/aromatic N) is 2. The Hall–Kier alpha value is -1.94. The van der Waals surface area contributed by atoms with Crippen molar-refractivity contribution in [1.29, 1.82) is 0 Å². The molecule has 0 amide bonds. The van der Waals surface area contributed by atoms with E-state index in [1.54, 1.807) is 18.9 Å². The second-order valence-electron chi connectivity index (χ2n) is 5.94. The van der Waals surface area contributed by atoms with Gasteiger partial charge < -0.3 is 15.5 Å². The van der Waals surface area contributed by atoms with Crippen LogP contribution in [0.25, 0.3) is 0 Å². The van der Waals surface area contributed by atoms with Gasteiger partial charge >= 0.3 is 0 Å². The van der Waals surface area contributed by atoms with Gasteiger partial charge in [-0.1, -0.05) is 6.07 Å². The van der Waals surface area contributed by atoms with E-state index in [0.29, 0.717) is 32.0 Å². The molecule has 0 bridgehead atoms. The number of hydrogen-bond acceptors (Lipinski definition) is 4. The number of sulfonamides is 1. The van der Waals surface area contributed by atoms with Gasteiger partial charge in [-0.15, -0.1) is 0 Å². The predicted molar refractivity (Wildman–Crippen MR) is 98.9 cm³/mol. The molecule has 146 valence electrons. The fraction of sp³-hybridized carbons (Fsp3) is 0.562. The van der Waals surface area contributed by atoms with Gasteiger partial charge in [0.25, 0.3) is 0 Å². The van der Waals surface area contributed by atoms with Crippen molar-refractivity contribution in [3.8, 4) is 0 Å². The van der Waals surface area contributed by atoms with E-state index in [9.17, 15) is 17.2 Å². The molecule has 1 heterocycles. The van der Waals surface area contributed by atoms with Crippen LogP contribution in [0.2, 0.25) is 0 Å². The smallest absolute Gasteiger partial charge is 0.211 e. The third kappa shape index (κ3) is 5.53. The first-order chi connectivity index (χ1) is 12.4. The van der Waals surface area contributed by atoms with E-state index in [1.807, 2.05) is 0 Å². The average molecular weight is 389 g/mol. The maximum Gasteiger partial charge on any atom is 0.211 e. The molecule has 0 spiro atoms. The number of para-hydroxylation sites is 1. The molecule has 10 heteroatoms. The van der Waals surface area contributed by atoms with E-state index in [0.717, 1.165) is 0 Å². The number of nitrogens with one attached hydrogen (secondary N) is 3. The third-order valence-corrected chi connectivity index (χ3v) is 5.53. The highest BCUT2D eigenvalue weighted by Gasteiger charge is 2.27. The molecule has 1 atom stereocenters. The van der Waals surface area contributed by atoms with Crippen LogP contribution in [0.3, 0.4) is 0 Å². The molecule has 1 unspecified atom stereocenters. The number of benzene rings is 1. The van der Waals surface area contributed by atoms with Crippen LogP contribution in [0.4, 0.5) is 14.5 Å². The van der Waals surface area contributed by atoms with Crippen molar-refractivity contribution in [3.05, 3.63) is 29.8 Å². The summed E-state index contributed by atoms with van der Waals surface area (Å²) in [5.41, 5.74) is -0.00582. The van der Waals surface area contributed by atoms with Crippen molar-refractivity contribution in [2.45, 2.75) is 19.4 Å². The lowest BCUT2D eigenvalue weighted by Crippen LogP contribution is -2.46. The van der Waals surface area contributed by atoms with Crippen LogP contribution in [-0.2, 0) is 10.0 Å². The highest BCUT2D eigenvalue weighted by atomic mass is 32.2. The SMILES string of the molecule is CCS(=O)(=O)NCCNC(=NC)NC1CCN(c2c(F)cccc2F)C1. The number of aliphatic imine (C=N–C) groups is 1. The lowest BCUT2D eigenvalue weighted by Gasteiger charge is -2.21. The third-order valence-electron chi connectivity index (χ3n) is 4.13. The van der Waals surface area contributed by atoms with E-state index in [2.05, 4.69) is 20.3 Å². The molecule has 2 rings (SSSR count). The Labute approximate surface area is 152 Å². The lowest BCUT2D eigenvalue weighted by molar-refractivity contribution is 0.574. The highest BCUT2D eigenvalue weighted by Crippen LogP contribution is 2.26. The minimum absolute atomic E-state index is 0.00582. The molecule has 7 nitrogen and oxygen atoms in total. The standard InChI is InChI=1S/C16H25F2N5O2S/c1-3-26(24,25)21-9-8-20-16(19-2)22-12-7-10-23(11-12)15-13(17)5-4-6-14(15)18/h4-6,12,21H,3,7-11H2,1-2H3,(H2,19,20,22). The topological polar surface area (TPSA) is 85.8 Å². The van der Waals surface area contributed by atoms with Gasteiger partial charge in [-0.25, -0.2) is 21.9 Å². The van der Waals surface area contributed by atoms with Crippen molar-refractivity contribution < 1.29 is 17.2 Å². The molecule has 0 radical (unpaired) electrons. The van der Waals surface area contributed by atoms with E-state index in [1.165, 1.54) is 18.2 Å². The molecular weight excluding hydrogens is 364 g/mol. The largest absolute Gasteiger partial charge is 0.365 e. The van der Waals surface area contributed by atoms with Crippen LogP contribution in [0.15, 0.2) is 23.2 Å². The van der Waals surface area contributed by atoms with Crippen LogP contribution < -0.4 is 20.3 Å². The predicted octanol–water partition coefficient (Wildman–Crippen LogP) is 0.648. The van der Waals surface area contributed by atoms with Crippen molar-refractivity contribution in [2.24, 2.45) is 4.99 Å². The summed E-state index contributed by atoms with van der Waals surface area (Å²) in [4.78, 5) is 5.76. The second kappa shape index (κ2) is 9.13. The van der Waals surface area contributed by atoms with E-state index in [-0.39, 0.29) is 24.0 Å². The maximum absolute atomic E-state index is 13.9. The van der Waals surface area contributed by atoms with E-state index in [4.69, 9.17) is 0 Å². The quantitative estimate of drug-likeness (QED) is 0.362. The second-order valence-corrected chi connectivity index (χ2v) is 8.04. The number of halogens is 2. The average Bonchev–Trinajstić information content (AvgIpc) is 3.05. The minimum atomic E-state index is -3.22. The molecule has 0 aliphatic carbocycles. The lowest BCUT2D eigenvalue weighted by atomic mass is 10.2. The number of hydrogen-bond donors (Lipinski definition) is 3. The summed E-state index contributed by atoms with van der Waals surface area (Å²) >= 11 is 0. The van der Waals surface area contributed by atoms with E-state index < -0.39 is 21.7 Å². The van der Waals surface area contributed by atoms with Crippen LogP contribution >= 0.6 is 0 Å². The van der Waals surface area contributed by atoms with Crippen molar-refractivity contribution in [3.63, 3.8) is 0 Å². The summed E-state index contributed by atoms with van der Waals surface area (Å²) in [6.45, 7) is 3.16. The Morgan fingerprint density at radius 2 is 2.00 bits per heavy atom. The zero-order valence-corrected chi connectivity index (χ0v) is 15.7. The minimum Gasteiger partial charge on any atom is -0.365 e. The Bertz CT molecular complexity index is 722. The van der Waals surface area contributed by atoms with Crippen molar-refractivity contribution >= 4 is 21.7 Å². The Kier molecular flexibility index (Phi) is 7.15. The molecular formula is C16H25F2N5O2S. The number of guanidine groups is 1. The molecule has 1 aliphatic heterocycles. The molecule has 0 aromatic heterocycles. The van der Waals surface area contributed by atoms with E-state index >= 15 is 0 Å².